The zero-order valence-electron chi connectivity index (χ0n) is 14.1. The molecule has 3 heterocycles. The van der Waals surface area contributed by atoms with E-state index in [4.69, 9.17) is 28.9 Å². The van der Waals surface area contributed by atoms with Gasteiger partial charge in [-0.15, -0.1) is 11.3 Å². The molecular weight excluding hydrogens is 403 g/mol. The van der Waals surface area contributed by atoms with Crippen LogP contribution >= 0.6 is 34.5 Å². The molecule has 0 aliphatic rings. The van der Waals surface area contributed by atoms with E-state index in [1.165, 1.54) is 17.7 Å². The molecule has 0 radical (unpaired) electrons. The summed E-state index contributed by atoms with van der Waals surface area (Å²) < 4.78 is 0.879. The molecule has 3 N–H and O–H groups in total. The van der Waals surface area contributed by atoms with Crippen molar-refractivity contribution in [3.05, 3.63) is 58.6 Å². The number of nitrogens with one attached hydrogen (secondary N) is 1. The van der Waals surface area contributed by atoms with Crippen LogP contribution < -0.4 is 11.1 Å². The molecule has 0 saturated carbocycles. The fraction of sp³-hybridized carbons (Fsp3) is 0.111. The van der Waals surface area contributed by atoms with Gasteiger partial charge in [0.25, 0.3) is 0 Å². The molecule has 0 aliphatic carbocycles. The predicted molar refractivity (Wildman–Crippen MR) is 111 cm³/mol. The maximum atomic E-state index is 6.33. The van der Waals surface area contributed by atoms with Crippen LogP contribution in [-0.2, 0) is 0 Å². The third kappa shape index (κ3) is 3.59. The second-order valence-corrected chi connectivity index (χ2v) is 7.68. The van der Waals surface area contributed by atoms with Crippen molar-refractivity contribution in [2.24, 2.45) is 5.73 Å². The van der Waals surface area contributed by atoms with Gasteiger partial charge in [-0.25, -0.2) is 19.9 Å². The highest BCUT2D eigenvalue weighted by atomic mass is 35.5. The third-order valence-electron chi connectivity index (χ3n) is 3.88. The van der Waals surface area contributed by atoms with Gasteiger partial charge in [0.05, 0.1) is 26.0 Å². The summed E-state index contributed by atoms with van der Waals surface area (Å²) in [6, 6.07) is 8.86. The number of nitrogens with zero attached hydrogens (tertiary/aromatic N) is 4. The summed E-state index contributed by atoms with van der Waals surface area (Å²) in [6.45, 7) is 1.87. The first-order valence-corrected chi connectivity index (χ1v) is 9.64. The van der Waals surface area contributed by atoms with E-state index in [1.807, 2.05) is 13.0 Å². The van der Waals surface area contributed by atoms with Crippen LogP contribution in [0.15, 0.2) is 42.9 Å². The van der Waals surface area contributed by atoms with Crippen molar-refractivity contribution >= 4 is 56.4 Å². The number of rotatable bonds is 4. The largest absolute Gasteiger partial charge is 0.324 e. The van der Waals surface area contributed by atoms with E-state index >= 15 is 0 Å². The Kier molecular flexibility index (Phi) is 4.92. The number of fused-ring (bicyclic) bond motifs is 1. The van der Waals surface area contributed by atoms with Crippen molar-refractivity contribution in [2.75, 3.05) is 5.32 Å². The predicted octanol–water partition coefficient (Wildman–Crippen LogP) is 5.22. The van der Waals surface area contributed by atoms with Crippen LogP contribution in [0.25, 0.3) is 20.8 Å². The number of benzene rings is 1. The van der Waals surface area contributed by atoms with Gasteiger partial charge in [-0.05, 0) is 25.1 Å². The van der Waals surface area contributed by atoms with Crippen molar-refractivity contribution in [1.29, 1.82) is 0 Å². The molecule has 0 saturated heterocycles. The Bertz CT molecular complexity index is 1110. The summed E-state index contributed by atoms with van der Waals surface area (Å²) in [5.74, 6) is 1.26. The van der Waals surface area contributed by atoms with Gasteiger partial charge in [0, 0.05) is 23.9 Å². The van der Waals surface area contributed by atoms with Crippen molar-refractivity contribution in [1.82, 2.24) is 19.9 Å². The van der Waals surface area contributed by atoms with Gasteiger partial charge >= 0.3 is 0 Å². The van der Waals surface area contributed by atoms with E-state index in [1.54, 1.807) is 30.5 Å². The molecule has 4 aromatic rings. The number of aromatic nitrogens is 4. The average Bonchev–Trinajstić information content (AvgIpc) is 3.06. The summed E-state index contributed by atoms with van der Waals surface area (Å²) in [6.07, 6.45) is 3.17. The van der Waals surface area contributed by atoms with Crippen molar-refractivity contribution in [3.8, 4) is 10.6 Å². The topological polar surface area (TPSA) is 89.6 Å². The lowest BCUT2D eigenvalue weighted by Crippen LogP contribution is -2.08. The molecule has 3 aromatic heterocycles. The van der Waals surface area contributed by atoms with Gasteiger partial charge in [0.2, 0.25) is 0 Å². The minimum Gasteiger partial charge on any atom is -0.324 e. The molecule has 0 bridgehead atoms. The van der Waals surface area contributed by atoms with Gasteiger partial charge in [-0.2, -0.15) is 0 Å². The smallest absolute Gasteiger partial charge is 0.151 e. The lowest BCUT2D eigenvalue weighted by molar-refractivity contribution is 0.775. The highest BCUT2D eigenvalue weighted by molar-refractivity contribution is 7.22. The third-order valence-corrected chi connectivity index (χ3v) is 5.61. The molecule has 27 heavy (non-hydrogen) atoms. The zero-order chi connectivity index (χ0) is 19.0. The summed E-state index contributed by atoms with van der Waals surface area (Å²) >= 11 is 14.1. The minimum atomic E-state index is -0.185. The summed E-state index contributed by atoms with van der Waals surface area (Å²) in [7, 11) is 0. The molecular formula is C18H14Cl2N6S. The molecule has 0 unspecified atom stereocenters. The minimum absolute atomic E-state index is 0.185. The second kappa shape index (κ2) is 7.36. The van der Waals surface area contributed by atoms with Gasteiger partial charge in [-0.3, -0.25) is 0 Å². The Morgan fingerprint density at radius 2 is 1.89 bits per heavy atom. The van der Waals surface area contributed by atoms with Gasteiger partial charge in [-0.1, -0.05) is 29.3 Å². The molecule has 1 aromatic carbocycles. The zero-order valence-corrected chi connectivity index (χ0v) is 16.5. The van der Waals surface area contributed by atoms with E-state index in [0.29, 0.717) is 27.2 Å². The first-order chi connectivity index (χ1) is 13.0. The first-order valence-electron chi connectivity index (χ1n) is 8.07. The van der Waals surface area contributed by atoms with E-state index in [-0.39, 0.29) is 6.04 Å². The molecule has 6 nitrogen and oxygen atoms in total. The van der Waals surface area contributed by atoms with Gasteiger partial charge in [0.15, 0.2) is 5.82 Å². The molecule has 1 atom stereocenters. The summed E-state index contributed by atoms with van der Waals surface area (Å²) in [4.78, 5) is 17.5. The van der Waals surface area contributed by atoms with Gasteiger partial charge in [0.1, 0.15) is 17.2 Å². The quantitative estimate of drug-likeness (QED) is 0.473. The Hall–Kier alpha value is -2.32. The first kappa shape index (κ1) is 18.1. The average molecular weight is 417 g/mol. The van der Waals surface area contributed by atoms with Crippen LogP contribution in [0.4, 0.5) is 11.6 Å². The standard InChI is InChI=1S/C18H14Cl2N6S/c1-9(21)13-7-14(24-8-23-13)26-17-16-12(5-6-22-17)25-18(27-16)15-10(19)3-2-4-11(15)20/h2-9H,21H2,1H3,(H,22,23,24,26)/t9-/m1/s1. The van der Waals surface area contributed by atoms with Crippen LogP contribution in [0, 0.1) is 0 Å². The molecule has 136 valence electrons. The summed E-state index contributed by atoms with van der Waals surface area (Å²) in [5.41, 5.74) is 8.15. The number of anilines is 2. The van der Waals surface area contributed by atoms with E-state index in [2.05, 4.69) is 25.3 Å². The second-order valence-electron chi connectivity index (χ2n) is 5.87. The molecule has 9 heteroatoms. The monoisotopic (exact) mass is 416 g/mol. The maximum absolute atomic E-state index is 6.33. The Morgan fingerprint density at radius 1 is 1.11 bits per heavy atom. The van der Waals surface area contributed by atoms with E-state index in [0.717, 1.165) is 20.9 Å². The highest BCUT2D eigenvalue weighted by Gasteiger charge is 2.16. The van der Waals surface area contributed by atoms with Gasteiger partial charge < -0.3 is 11.1 Å². The lowest BCUT2D eigenvalue weighted by Gasteiger charge is -2.08. The molecule has 0 amide bonds. The van der Waals surface area contributed by atoms with Crippen LogP contribution in [0.2, 0.25) is 10.0 Å². The molecule has 0 aliphatic heterocycles. The fourth-order valence-electron chi connectivity index (χ4n) is 2.56. The molecule has 0 spiro atoms. The number of hydrogen-bond donors (Lipinski definition) is 2. The number of nitrogens with two attached hydrogens (primary N) is 1. The van der Waals surface area contributed by atoms with Crippen LogP contribution in [0.5, 0.6) is 0 Å². The highest BCUT2D eigenvalue weighted by Crippen LogP contribution is 2.40. The number of thiazole rings is 1. The normalized spacial score (nSPS) is 12.3. The van der Waals surface area contributed by atoms with Crippen molar-refractivity contribution < 1.29 is 0 Å². The van der Waals surface area contributed by atoms with Crippen LogP contribution in [0.3, 0.4) is 0 Å². The van der Waals surface area contributed by atoms with Crippen LogP contribution in [-0.4, -0.2) is 19.9 Å². The summed E-state index contributed by atoms with van der Waals surface area (Å²) in [5, 5.41) is 5.07. The Morgan fingerprint density at radius 3 is 2.63 bits per heavy atom. The molecule has 0 fully saturated rings. The number of pyridine rings is 1. The van der Waals surface area contributed by atoms with Crippen molar-refractivity contribution in [2.45, 2.75) is 13.0 Å². The number of hydrogen-bond acceptors (Lipinski definition) is 7. The van der Waals surface area contributed by atoms with Crippen LogP contribution in [0.1, 0.15) is 18.7 Å². The van der Waals surface area contributed by atoms with Crippen molar-refractivity contribution in [3.63, 3.8) is 0 Å². The number of halogens is 2. The Balaban J connectivity index is 1.77. The van der Waals surface area contributed by atoms with E-state index < -0.39 is 0 Å². The Labute approximate surface area is 169 Å². The maximum Gasteiger partial charge on any atom is 0.151 e. The lowest BCUT2D eigenvalue weighted by atomic mass is 10.2. The fourth-order valence-corrected chi connectivity index (χ4v) is 4.33. The van der Waals surface area contributed by atoms with E-state index in [9.17, 15) is 0 Å². The SMILES string of the molecule is C[C@@H](N)c1cc(Nc2nccc3nc(-c4c(Cl)cccc4Cl)sc23)ncn1. The molecule has 4 rings (SSSR count).